The lowest BCUT2D eigenvalue weighted by molar-refractivity contribution is -0.122. The highest BCUT2D eigenvalue weighted by Gasteiger charge is 2.34. The average Bonchev–Trinajstić information content (AvgIpc) is 3.32. The largest absolute Gasteiger partial charge is 0.348 e. The van der Waals surface area contributed by atoms with E-state index in [1.807, 2.05) is 11.4 Å². The number of carbonyl (C=O) groups excluding carboxylic acids is 3. The Morgan fingerprint density at radius 2 is 1.68 bits per heavy atom. The van der Waals surface area contributed by atoms with Crippen LogP contribution in [0.2, 0.25) is 0 Å². The molecule has 0 saturated carbocycles. The minimum atomic E-state index is -0.269. The molecule has 1 atom stereocenters. The number of hydrogen-bond acceptors (Lipinski definition) is 4. The topological polar surface area (TPSA) is 66.5 Å². The van der Waals surface area contributed by atoms with Crippen molar-refractivity contribution in [3.05, 3.63) is 57.8 Å². The van der Waals surface area contributed by atoms with Gasteiger partial charge < -0.3 is 5.32 Å². The maximum atomic E-state index is 12.5. The molecule has 0 saturated heterocycles. The summed E-state index contributed by atoms with van der Waals surface area (Å²) in [5.41, 5.74) is 0.895. The molecule has 0 spiro atoms. The van der Waals surface area contributed by atoms with Crippen molar-refractivity contribution >= 4 is 29.1 Å². The monoisotopic (exact) mass is 398 g/mol. The van der Waals surface area contributed by atoms with Gasteiger partial charge >= 0.3 is 0 Å². The van der Waals surface area contributed by atoms with Crippen LogP contribution in [0.5, 0.6) is 0 Å². The Bertz CT molecular complexity index is 808. The zero-order chi connectivity index (χ0) is 20.1. The predicted octanol–water partition coefficient (Wildman–Crippen LogP) is 4.42. The molecule has 1 aromatic heterocycles. The maximum Gasteiger partial charge on any atom is 0.261 e. The number of nitrogens with one attached hydrogen (secondary N) is 1. The van der Waals surface area contributed by atoms with E-state index in [9.17, 15) is 14.4 Å². The first-order chi connectivity index (χ1) is 13.6. The number of rotatable bonds is 9. The van der Waals surface area contributed by atoms with E-state index < -0.39 is 0 Å². The second-order valence-corrected chi connectivity index (χ2v) is 8.03. The van der Waals surface area contributed by atoms with Gasteiger partial charge in [-0.15, -0.1) is 11.3 Å². The van der Waals surface area contributed by atoms with Crippen molar-refractivity contribution in [2.45, 2.75) is 45.6 Å². The fourth-order valence-electron chi connectivity index (χ4n) is 3.74. The summed E-state index contributed by atoms with van der Waals surface area (Å²) in [4.78, 5) is 39.7. The zero-order valence-corrected chi connectivity index (χ0v) is 17.1. The lowest BCUT2D eigenvalue weighted by Crippen LogP contribution is -2.34. The number of hydrogen-bond donors (Lipinski definition) is 1. The molecular formula is C22H26N2O3S. The highest BCUT2D eigenvalue weighted by molar-refractivity contribution is 7.10. The second-order valence-electron chi connectivity index (χ2n) is 7.05. The van der Waals surface area contributed by atoms with E-state index in [1.165, 1.54) is 9.78 Å². The van der Waals surface area contributed by atoms with Crippen LogP contribution in [0, 0.1) is 5.92 Å². The molecule has 6 heteroatoms. The third-order valence-corrected chi connectivity index (χ3v) is 6.31. The van der Waals surface area contributed by atoms with Gasteiger partial charge in [-0.25, -0.2) is 0 Å². The Hall–Kier alpha value is -2.47. The predicted molar refractivity (Wildman–Crippen MR) is 110 cm³/mol. The van der Waals surface area contributed by atoms with E-state index >= 15 is 0 Å². The third kappa shape index (κ3) is 4.17. The van der Waals surface area contributed by atoms with Gasteiger partial charge in [-0.3, -0.25) is 19.3 Å². The maximum absolute atomic E-state index is 12.5. The Balaban J connectivity index is 1.56. The standard InChI is InChI=1S/C22H26N2O3S/c1-3-15(4-2)20(18-11-8-14-28-18)23-19(25)12-7-13-24-21(26)16-9-5-6-10-17(16)22(24)27/h5-6,8-11,14-15,20H,3-4,7,12-13H2,1-2H3,(H,23,25)/t20-/m0/s1. The molecule has 2 heterocycles. The first-order valence-corrected chi connectivity index (χ1v) is 10.7. The van der Waals surface area contributed by atoms with Gasteiger partial charge in [0.25, 0.3) is 11.8 Å². The highest BCUT2D eigenvalue weighted by atomic mass is 32.1. The fraction of sp³-hybridized carbons (Fsp3) is 0.409. The number of amides is 3. The Labute approximate surface area is 169 Å². The first kappa shape index (κ1) is 20.3. The summed E-state index contributed by atoms with van der Waals surface area (Å²) < 4.78 is 0. The smallest absolute Gasteiger partial charge is 0.261 e. The number of benzene rings is 1. The third-order valence-electron chi connectivity index (χ3n) is 5.35. The van der Waals surface area contributed by atoms with Crippen LogP contribution in [0.25, 0.3) is 0 Å². The molecule has 0 radical (unpaired) electrons. The van der Waals surface area contributed by atoms with Crippen LogP contribution in [0.15, 0.2) is 41.8 Å². The van der Waals surface area contributed by atoms with Crippen LogP contribution in [0.4, 0.5) is 0 Å². The summed E-state index contributed by atoms with van der Waals surface area (Å²) >= 11 is 1.66. The molecule has 28 heavy (non-hydrogen) atoms. The SMILES string of the molecule is CCC(CC)[C@H](NC(=O)CCCN1C(=O)c2ccccc2C1=O)c1cccs1. The van der Waals surface area contributed by atoms with E-state index in [-0.39, 0.29) is 36.7 Å². The van der Waals surface area contributed by atoms with Gasteiger partial charge in [0.05, 0.1) is 17.2 Å². The minimum Gasteiger partial charge on any atom is -0.348 e. The quantitative estimate of drug-likeness (QED) is 0.636. The van der Waals surface area contributed by atoms with Crippen LogP contribution < -0.4 is 5.32 Å². The molecule has 0 aliphatic carbocycles. The summed E-state index contributed by atoms with van der Waals surface area (Å²) in [6.45, 7) is 4.54. The number of thiophene rings is 1. The first-order valence-electron chi connectivity index (χ1n) is 9.84. The van der Waals surface area contributed by atoms with Gasteiger partial charge in [-0.1, -0.05) is 44.9 Å². The molecule has 3 rings (SSSR count). The van der Waals surface area contributed by atoms with Gasteiger partial charge in [0.2, 0.25) is 5.91 Å². The second kappa shape index (κ2) is 9.15. The van der Waals surface area contributed by atoms with E-state index in [4.69, 9.17) is 0 Å². The van der Waals surface area contributed by atoms with E-state index in [0.717, 1.165) is 12.8 Å². The summed E-state index contributed by atoms with van der Waals surface area (Å²) in [6, 6.07) is 10.9. The summed E-state index contributed by atoms with van der Waals surface area (Å²) in [6.07, 6.45) is 2.73. The number of imide groups is 1. The fourth-order valence-corrected chi connectivity index (χ4v) is 4.60. The van der Waals surface area contributed by atoms with Gasteiger partial charge in [0.1, 0.15) is 0 Å². The van der Waals surface area contributed by atoms with Crippen LogP contribution in [-0.4, -0.2) is 29.2 Å². The molecule has 2 aromatic rings. The lowest BCUT2D eigenvalue weighted by atomic mass is 9.93. The molecule has 1 aliphatic heterocycles. The van der Waals surface area contributed by atoms with Crippen LogP contribution in [-0.2, 0) is 4.79 Å². The Kier molecular flexibility index (Phi) is 6.62. The number of carbonyl (C=O) groups is 3. The molecule has 1 aromatic carbocycles. The summed E-state index contributed by atoms with van der Waals surface area (Å²) in [5.74, 6) is -0.190. The molecule has 148 valence electrons. The van der Waals surface area contributed by atoms with E-state index in [0.29, 0.717) is 23.5 Å². The van der Waals surface area contributed by atoms with Crippen molar-refractivity contribution in [3.8, 4) is 0 Å². The Morgan fingerprint density at radius 1 is 1.04 bits per heavy atom. The number of nitrogens with zero attached hydrogens (tertiary/aromatic N) is 1. The van der Waals surface area contributed by atoms with Gasteiger partial charge in [0.15, 0.2) is 0 Å². The molecule has 1 aliphatic rings. The molecule has 0 unspecified atom stereocenters. The summed E-state index contributed by atoms with van der Waals surface area (Å²) in [5, 5.41) is 5.20. The summed E-state index contributed by atoms with van der Waals surface area (Å²) in [7, 11) is 0. The van der Waals surface area contributed by atoms with Crippen LogP contribution in [0.3, 0.4) is 0 Å². The van der Waals surface area contributed by atoms with E-state index in [1.54, 1.807) is 35.6 Å². The van der Waals surface area contributed by atoms with Gasteiger partial charge in [-0.05, 0) is 35.9 Å². The van der Waals surface area contributed by atoms with Crippen molar-refractivity contribution in [1.29, 1.82) is 0 Å². The molecule has 5 nitrogen and oxygen atoms in total. The molecule has 0 bridgehead atoms. The number of fused-ring (bicyclic) bond motifs is 1. The van der Waals surface area contributed by atoms with Gasteiger partial charge in [0, 0.05) is 17.8 Å². The van der Waals surface area contributed by atoms with Crippen molar-refractivity contribution in [2.75, 3.05) is 6.54 Å². The van der Waals surface area contributed by atoms with E-state index in [2.05, 4.69) is 25.2 Å². The van der Waals surface area contributed by atoms with Crippen molar-refractivity contribution in [3.63, 3.8) is 0 Å². The molecule has 1 N–H and O–H groups in total. The zero-order valence-electron chi connectivity index (χ0n) is 16.3. The van der Waals surface area contributed by atoms with Crippen molar-refractivity contribution < 1.29 is 14.4 Å². The normalized spacial score (nSPS) is 14.5. The molecule has 0 fully saturated rings. The molecular weight excluding hydrogens is 372 g/mol. The van der Waals surface area contributed by atoms with Crippen LogP contribution in [0.1, 0.15) is 71.2 Å². The van der Waals surface area contributed by atoms with Crippen molar-refractivity contribution in [2.24, 2.45) is 5.92 Å². The van der Waals surface area contributed by atoms with Gasteiger partial charge in [-0.2, -0.15) is 0 Å². The van der Waals surface area contributed by atoms with Crippen molar-refractivity contribution in [1.82, 2.24) is 10.2 Å². The van der Waals surface area contributed by atoms with Crippen LogP contribution >= 0.6 is 11.3 Å². The molecule has 3 amide bonds. The highest BCUT2D eigenvalue weighted by Crippen LogP contribution is 2.30. The Morgan fingerprint density at radius 3 is 2.21 bits per heavy atom. The minimum absolute atomic E-state index is 0.0156. The lowest BCUT2D eigenvalue weighted by Gasteiger charge is -2.25. The average molecular weight is 399 g/mol.